The second kappa shape index (κ2) is 6.60. The number of carbonyl (C=O) groups excluding carboxylic acids is 1. The van der Waals surface area contributed by atoms with Gasteiger partial charge in [-0.1, -0.05) is 24.6 Å². The number of carbonyl (C=O) groups is 1. The Morgan fingerprint density at radius 2 is 2.16 bits per heavy atom. The Kier molecular flexibility index (Phi) is 5.65. The maximum absolute atomic E-state index is 12.2. The van der Waals surface area contributed by atoms with Crippen LogP contribution in [0.5, 0.6) is 0 Å². The molecule has 1 aromatic carbocycles. The highest BCUT2D eigenvalue weighted by Crippen LogP contribution is 2.21. The Balaban J connectivity index is 2.95. The van der Waals surface area contributed by atoms with Crippen LogP contribution in [0, 0.1) is 6.92 Å². The summed E-state index contributed by atoms with van der Waals surface area (Å²) in [6.45, 7) is 5.55. The van der Waals surface area contributed by atoms with Crippen molar-refractivity contribution in [2.75, 3.05) is 5.88 Å². The number of aryl methyl sites for hydroxylation is 1. The zero-order valence-corrected chi connectivity index (χ0v) is 12.8. The molecule has 0 spiro atoms. The molecule has 1 rings (SSSR count). The van der Waals surface area contributed by atoms with E-state index in [4.69, 9.17) is 23.2 Å². The van der Waals surface area contributed by atoms with Crippen molar-refractivity contribution in [2.45, 2.75) is 38.8 Å². The van der Waals surface area contributed by atoms with E-state index in [1.807, 2.05) is 19.9 Å². The average molecular weight is 304 g/mol. The second-order valence-corrected chi connectivity index (χ2v) is 5.59. The molecule has 2 unspecified atom stereocenters. The third-order valence-corrected chi connectivity index (χ3v) is 3.99. The van der Waals surface area contributed by atoms with E-state index in [2.05, 4.69) is 5.32 Å². The lowest BCUT2D eigenvalue weighted by atomic mass is 9.92. The smallest absolute Gasteiger partial charge is 0.253 e. The summed E-state index contributed by atoms with van der Waals surface area (Å²) in [5, 5.41) is 13.1. The second-order valence-electron chi connectivity index (χ2n) is 4.88. The van der Waals surface area contributed by atoms with Crippen LogP contribution < -0.4 is 5.32 Å². The predicted octanol–water partition coefficient (Wildman–Crippen LogP) is 3.15. The van der Waals surface area contributed by atoms with Gasteiger partial charge in [-0.25, -0.2) is 0 Å². The first-order chi connectivity index (χ1) is 8.84. The molecule has 0 aliphatic carbocycles. The minimum absolute atomic E-state index is 0.0618. The number of aliphatic hydroxyl groups excluding tert-OH is 1. The first kappa shape index (κ1) is 16.3. The zero-order valence-electron chi connectivity index (χ0n) is 11.3. The molecule has 106 valence electrons. The van der Waals surface area contributed by atoms with Gasteiger partial charge in [-0.3, -0.25) is 4.79 Å². The van der Waals surface area contributed by atoms with Gasteiger partial charge < -0.3 is 10.4 Å². The molecule has 1 amide bonds. The van der Waals surface area contributed by atoms with Crippen LogP contribution in [0.3, 0.4) is 0 Å². The standard InChI is InChI=1S/C14H19Cl2NO2/c1-4-14(3,12(18)8-15)17-13(19)10-6-5-9(2)7-11(10)16/h5-7,12,18H,4,8H2,1-3H3,(H,17,19). The molecular weight excluding hydrogens is 285 g/mol. The largest absolute Gasteiger partial charge is 0.389 e. The fraction of sp³-hybridized carbons (Fsp3) is 0.500. The number of amides is 1. The molecule has 0 aromatic heterocycles. The number of hydrogen-bond donors (Lipinski definition) is 2. The summed E-state index contributed by atoms with van der Waals surface area (Å²) in [6, 6.07) is 5.23. The van der Waals surface area contributed by atoms with E-state index in [0.717, 1.165) is 5.56 Å². The van der Waals surface area contributed by atoms with E-state index in [-0.39, 0.29) is 11.8 Å². The normalized spacial score (nSPS) is 15.7. The van der Waals surface area contributed by atoms with Gasteiger partial charge in [-0.2, -0.15) is 0 Å². The minimum atomic E-state index is -0.813. The summed E-state index contributed by atoms with van der Waals surface area (Å²) in [7, 11) is 0. The number of alkyl halides is 1. The number of benzene rings is 1. The van der Waals surface area contributed by atoms with Crippen molar-refractivity contribution in [3.63, 3.8) is 0 Å². The van der Waals surface area contributed by atoms with Gasteiger partial charge in [0.25, 0.3) is 5.91 Å². The van der Waals surface area contributed by atoms with E-state index in [1.165, 1.54) is 0 Å². The Morgan fingerprint density at radius 3 is 2.63 bits per heavy atom. The topological polar surface area (TPSA) is 49.3 Å². The molecule has 0 saturated carbocycles. The van der Waals surface area contributed by atoms with Crippen LogP contribution in [0.1, 0.15) is 36.2 Å². The minimum Gasteiger partial charge on any atom is -0.389 e. The molecule has 0 fully saturated rings. The van der Waals surface area contributed by atoms with E-state index < -0.39 is 11.6 Å². The summed E-state index contributed by atoms with van der Waals surface area (Å²) in [5.74, 6) is -0.245. The molecule has 0 radical (unpaired) electrons. The van der Waals surface area contributed by atoms with E-state index >= 15 is 0 Å². The van der Waals surface area contributed by atoms with Gasteiger partial charge >= 0.3 is 0 Å². The summed E-state index contributed by atoms with van der Waals surface area (Å²) in [6.07, 6.45) is -0.247. The lowest BCUT2D eigenvalue weighted by Gasteiger charge is -2.33. The average Bonchev–Trinajstić information content (AvgIpc) is 2.37. The molecule has 19 heavy (non-hydrogen) atoms. The van der Waals surface area contributed by atoms with Gasteiger partial charge in [0.1, 0.15) is 0 Å². The van der Waals surface area contributed by atoms with Crippen molar-refractivity contribution in [3.8, 4) is 0 Å². The third-order valence-electron chi connectivity index (χ3n) is 3.38. The van der Waals surface area contributed by atoms with Crippen LogP contribution >= 0.6 is 23.2 Å². The Hall–Kier alpha value is -0.770. The van der Waals surface area contributed by atoms with Crippen molar-refractivity contribution < 1.29 is 9.90 Å². The summed E-state index contributed by atoms with van der Waals surface area (Å²) in [4.78, 5) is 12.2. The lowest BCUT2D eigenvalue weighted by molar-refractivity contribution is 0.0651. The quantitative estimate of drug-likeness (QED) is 0.821. The number of nitrogens with one attached hydrogen (secondary N) is 1. The van der Waals surface area contributed by atoms with Crippen LogP contribution in [0.15, 0.2) is 18.2 Å². The number of halogens is 2. The van der Waals surface area contributed by atoms with E-state index in [9.17, 15) is 9.90 Å². The van der Waals surface area contributed by atoms with E-state index in [0.29, 0.717) is 17.0 Å². The van der Waals surface area contributed by atoms with Crippen LogP contribution in [0.2, 0.25) is 5.02 Å². The molecule has 2 atom stereocenters. The van der Waals surface area contributed by atoms with Crippen LogP contribution in [-0.2, 0) is 0 Å². The van der Waals surface area contributed by atoms with Crippen LogP contribution in [0.25, 0.3) is 0 Å². The Morgan fingerprint density at radius 1 is 1.53 bits per heavy atom. The highest BCUT2D eigenvalue weighted by molar-refractivity contribution is 6.33. The molecule has 0 aliphatic rings. The van der Waals surface area contributed by atoms with Crippen LogP contribution in [0.4, 0.5) is 0 Å². The molecule has 1 aromatic rings. The first-order valence-corrected chi connectivity index (χ1v) is 7.08. The van der Waals surface area contributed by atoms with Crippen molar-refractivity contribution in [3.05, 3.63) is 34.3 Å². The maximum atomic E-state index is 12.2. The fourth-order valence-electron chi connectivity index (χ4n) is 1.71. The fourth-order valence-corrected chi connectivity index (χ4v) is 2.37. The highest BCUT2D eigenvalue weighted by Gasteiger charge is 2.32. The summed E-state index contributed by atoms with van der Waals surface area (Å²) < 4.78 is 0. The lowest BCUT2D eigenvalue weighted by Crippen LogP contribution is -2.54. The van der Waals surface area contributed by atoms with Crippen LogP contribution in [-0.4, -0.2) is 28.5 Å². The molecule has 5 heteroatoms. The van der Waals surface area contributed by atoms with Gasteiger partial charge in [0.15, 0.2) is 0 Å². The monoisotopic (exact) mass is 303 g/mol. The van der Waals surface area contributed by atoms with Crippen molar-refractivity contribution in [1.29, 1.82) is 0 Å². The molecule has 0 aliphatic heterocycles. The Labute approximate surface area is 123 Å². The van der Waals surface area contributed by atoms with Gasteiger partial charge in [0, 0.05) is 0 Å². The van der Waals surface area contributed by atoms with Gasteiger partial charge in [0.05, 0.1) is 28.1 Å². The molecule has 0 bridgehead atoms. The molecule has 0 heterocycles. The Bertz CT molecular complexity index is 465. The van der Waals surface area contributed by atoms with E-state index in [1.54, 1.807) is 19.1 Å². The zero-order chi connectivity index (χ0) is 14.6. The molecular formula is C14H19Cl2NO2. The number of aliphatic hydroxyl groups is 1. The highest BCUT2D eigenvalue weighted by atomic mass is 35.5. The number of hydrogen-bond acceptors (Lipinski definition) is 2. The maximum Gasteiger partial charge on any atom is 0.253 e. The molecule has 3 nitrogen and oxygen atoms in total. The molecule has 0 saturated heterocycles. The third kappa shape index (κ3) is 3.85. The van der Waals surface area contributed by atoms with Gasteiger partial charge in [0.2, 0.25) is 0 Å². The SMILES string of the molecule is CCC(C)(NC(=O)c1ccc(C)cc1Cl)C(O)CCl. The molecule has 2 N–H and O–H groups in total. The van der Waals surface area contributed by atoms with Crippen molar-refractivity contribution >= 4 is 29.1 Å². The number of rotatable bonds is 5. The van der Waals surface area contributed by atoms with Crippen molar-refractivity contribution in [2.24, 2.45) is 0 Å². The van der Waals surface area contributed by atoms with Gasteiger partial charge in [-0.05, 0) is 38.0 Å². The summed E-state index contributed by atoms with van der Waals surface area (Å²) in [5.41, 5.74) is 0.613. The predicted molar refractivity (Wildman–Crippen MR) is 79.1 cm³/mol. The summed E-state index contributed by atoms with van der Waals surface area (Å²) >= 11 is 11.7. The first-order valence-electron chi connectivity index (χ1n) is 6.16. The van der Waals surface area contributed by atoms with Crippen molar-refractivity contribution in [1.82, 2.24) is 5.32 Å². The van der Waals surface area contributed by atoms with Gasteiger partial charge in [-0.15, -0.1) is 11.6 Å².